The minimum atomic E-state index is -1.66. The predicted molar refractivity (Wildman–Crippen MR) is 143 cm³/mol. The van der Waals surface area contributed by atoms with E-state index in [0.29, 0.717) is 22.4 Å². The first kappa shape index (κ1) is 23.4. The predicted octanol–water partition coefficient (Wildman–Crippen LogP) is 6.28. The number of hydrogen-bond donors (Lipinski definition) is 0. The van der Waals surface area contributed by atoms with Gasteiger partial charge in [0.25, 0.3) is 0 Å². The van der Waals surface area contributed by atoms with Crippen molar-refractivity contribution in [2.75, 3.05) is 4.90 Å². The molecule has 4 aromatic carbocycles. The number of ketones is 3. The molecule has 0 N–H and O–H groups in total. The van der Waals surface area contributed by atoms with Crippen molar-refractivity contribution in [3.05, 3.63) is 143 Å². The number of anilines is 1. The molecule has 0 amide bonds. The van der Waals surface area contributed by atoms with E-state index >= 15 is 0 Å². The van der Waals surface area contributed by atoms with Crippen molar-refractivity contribution in [2.45, 2.75) is 18.0 Å². The Morgan fingerprint density at radius 1 is 0.718 bits per heavy atom. The highest BCUT2D eigenvalue weighted by atomic mass is 19.1. The highest BCUT2D eigenvalue weighted by Gasteiger charge is 2.71. The molecular weight excluding hydrogens is 496 g/mol. The summed E-state index contributed by atoms with van der Waals surface area (Å²) in [4.78, 5) is 45.3. The minimum Gasteiger partial charge on any atom is -0.352 e. The summed E-state index contributed by atoms with van der Waals surface area (Å²) in [7, 11) is 0. The first-order chi connectivity index (χ1) is 18.9. The maximum Gasteiger partial charge on any atom is 0.185 e. The largest absolute Gasteiger partial charge is 0.352 e. The standard InChI is InChI=1S/C33H21F2NO3/c34-22-14-9-20(10-15-22)28-29(30(37)21-11-16-23(35)17-12-21)36-26-8-4-1-5-19(26)13-18-27(36)33(28)31(38)24-6-2-3-7-25(24)32(33)39/h1-18,27-29H/t27?,28-,29+/m0/s1. The van der Waals surface area contributed by atoms with Gasteiger partial charge in [0.05, 0.1) is 6.04 Å². The summed E-state index contributed by atoms with van der Waals surface area (Å²) in [6, 6.07) is 23.4. The molecule has 3 atom stereocenters. The van der Waals surface area contributed by atoms with Crippen LogP contribution in [0.25, 0.3) is 6.08 Å². The number of para-hydroxylation sites is 1. The van der Waals surface area contributed by atoms with Gasteiger partial charge in [-0.1, -0.05) is 66.7 Å². The zero-order chi connectivity index (χ0) is 26.9. The van der Waals surface area contributed by atoms with E-state index in [0.717, 1.165) is 5.56 Å². The first-order valence-corrected chi connectivity index (χ1v) is 12.7. The van der Waals surface area contributed by atoms with Crippen LogP contribution in [0.1, 0.15) is 48.1 Å². The lowest BCUT2D eigenvalue weighted by Gasteiger charge is -2.37. The molecule has 7 rings (SSSR count). The monoisotopic (exact) mass is 517 g/mol. The number of carbonyl (C=O) groups is 3. The highest BCUT2D eigenvalue weighted by Crippen LogP contribution is 2.60. The summed E-state index contributed by atoms with van der Waals surface area (Å²) in [5.41, 5.74) is 1.29. The molecule has 6 heteroatoms. The molecule has 0 radical (unpaired) electrons. The fourth-order valence-corrected chi connectivity index (χ4v) is 6.75. The van der Waals surface area contributed by atoms with Crippen LogP contribution in [0.3, 0.4) is 0 Å². The number of Topliss-reactive ketones (excluding diaryl/α,β-unsaturated/α-hetero) is 3. The van der Waals surface area contributed by atoms with Gasteiger partial charge >= 0.3 is 0 Å². The van der Waals surface area contributed by atoms with E-state index in [4.69, 9.17) is 0 Å². The van der Waals surface area contributed by atoms with Crippen molar-refractivity contribution in [2.24, 2.45) is 5.41 Å². The van der Waals surface area contributed by atoms with E-state index in [9.17, 15) is 23.2 Å². The number of carbonyl (C=O) groups excluding carboxylic acids is 3. The van der Waals surface area contributed by atoms with Gasteiger partial charge in [-0.2, -0.15) is 0 Å². The third kappa shape index (κ3) is 3.12. The molecule has 190 valence electrons. The summed E-state index contributed by atoms with van der Waals surface area (Å²) in [5, 5.41) is 0. The average Bonchev–Trinajstić information content (AvgIpc) is 3.40. The Morgan fingerprint density at radius 2 is 1.28 bits per heavy atom. The molecule has 1 fully saturated rings. The molecule has 1 saturated heterocycles. The van der Waals surface area contributed by atoms with Crippen LogP contribution < -0.4 is 4.90 Å². The summed E-state index contributed by atoms with van der Waals surface area (Å²) >= 11 is 0. The van der Waals surface area contributed by atoms with Gasteiger partial charge in [-0.05, 0) is 53.6 Å². The smallest absolute Gasteiger partial charge is 0.185 e. The topological polar surface area (TPSA) is 54.5 Å². The van der Waals surface area contributed by atoms with Crippen molar-refractivity contribution >= 4 is 29.1 Å². The van der Waals surface area contributed by atoms with Gasteiger partial charge in [0.2, 0.25) is 0 Å². The number of hydrogen-bond acceptors (Lipinski definition) is 4. The lowest BCUT2D eigenvalue weighted by atomic mass is 9.64. The highest BCUT2D eigenvalue weighted by molar-refractivity contribution is 6.32. The zero-order valence-corrected chi connectivity index (χ0v) is 20.6. The molecule has 0 saturated carbocycles. The molecular formula is C33H21F2NO3. The molecule has 39 heavy (non-hydrogen) atoms. The minimum absolute atomic E-state index is 0.256. The molecule has 1 spiro atoms. The van der Waals surface area contributed by atoms with Crippen molar-refractivity contribution in [1.82, 2.24) is 0 Å². The summed E-state index contributed by atoms with van der Waals surface area (Å²) < 4.78 is 27.9. The van der Waals surface area contributed by atoms with Crippen LogP contribution in [0.5, 0.6) is 0 Å². The Morgan fingerprint density at radius 3 is 1.92 bits per heavy atom. The van der Waals surface area contributed by atoms with Crippen molar-refractivity contribution in [1.29, 1.82) is 0 Å². The van der Waals surface area contributed by atoms with E-state index in [1.165, 1.54) is 36.4 Å². The maximum atomic E-state index is 14.5. The second-order valence-corrected chi connectivity index (χ2v) is 10.2. The molecule has 1 aliphatic carbocycles. The molecule has 0 aromatic heterocycles. The Labute approximate surface area is 223 Å². The summed E-state index contributed by atoms with van der Waals surface area (Å²) in [6.07, 6.45) is 3.72. The number of nitrogens with zero attached hydrogens (tertiary/aromatic N) is 1. The lowest BCUT2D eigenvalue weighted by Crippen LogP contribution is -2.48. The fraction of sp³-hybridized carbons (Fsp3) is 0.121. The van der Waals surface area contributed by atoms with Gasteiger partial charge in [-0.25, -0.2) is 8.78 Å². The Kier molecular flexibility index (Phi) is 5.04. The fourth-order valence-electron chi connectivity index (χ4n) is 6.75. The molecule has 2 aliphatic heterocycles. The van der Waals surface area contributed by atoms with Crippen LogP contribution in [0.2, 0.25) is 0 Å². The molecule has 3 aliphatic rings. The van der Waals surface area contributed by atoms with Crippen LogP contribution in [-0.2, 0) is 0 Å². The van der Waals surface area contributed by atoms with Gasteiger partial charge in [-0.3, -0.25) is 14.4 Å². The van der Waals surface area contributed by atoms with Crippen molar-refractivity contribution in [3.63, 3.8) is 0 Å². The van der Waals surface area contributed by atoms with E-state index in [2.05, 4.69) is 0 Å². The number of fused-ring (bicyclic) bond motifs is 5. The third-order valence-electron chi connectivity index (χ3n) is 8.34. The van der Waals surface area contributed by atoms with Crippen LogP contribution in [-0.4, -0.2) is 29.4 Å². The van der Waals surface area contributed by atoms with E-state index in [1.807, 2.05) is 41.3 Å². The lowest BCUT2D eigenvalue weighted by molar-refractivity contribution is 0.0666. The maximum absolute atomic E-state index is 14.5. The number of benzene rings is 4. The van der Waals surface area contributed by atoms with E-state index < -0.39 is 35.1 Å². The quantitative estimate of drug-likeness (QED) is 0.237. The van der Waals surface area contributed by atoms with Gasteiger partial charge in [0.1, 0.15) is 23.1 Å². The zero-order valence-electron chi connectivity index (χ0n) is 20.6. The number of rotatable bonds is 3. The second kappa shape index (κ2) is 8.40. The summed E-state index contributed by atoms with van der Waals surface area (Å²) in [5.74, 6) is -2.96. The first-order valence-electron chi connectivity index (χ1n) is 12.7. The van der Waals surface area contributed by atoms with Crippen LogP contribution in [0.15, 0.2) is 103 Å². The summed E-state index contributed by atoms with van der Waals surface area (Å²) in [6.45, 7) is 0. The Hall–Kier alpha value is -4.71. The third-order valence-corrected chi connectivity index (χ3v) is 8.34. The second-order valence-electron chi connectivity index (χ2n) is 10.2. The van der Waals surface area contributed by atoms with Crippen LogP contribution >= 0.6 is 0 Å². The van der Waals surface area contributed by atoms with E-state index in [1.54, 1.807) is 36.4 Å². The average molecular weight is 518 g/mol. The van der Waals surface area contributed by atoms with Crippen molar-refractivity contribution < 1.29 is 23.2 Å². The van der Waals surface area contributed by atoms with Crippen LogP contribution in [0.4, 0.5) is 14.5 Å². The van der Waals surface area contributed by atoms with Gasteiger partial charge in [0, 0.05) is 28.3 Å². The molecule has 1 unspecified atom stereocenters. The van der Waals surface area contributed by atoms with Crippen LogP contribution in [0, 0.1) is 17.0 Å². The molecule has 4 nitrogen and oxygen atoms in total. The Bertz CT molecular complexity index is 1670. The van der Waals surface area contributed by atoms with E-state index in [-0.39, 0.29) is 22.9 Å². The molecule has 0 bridgehead atoms. The normalized spacial score (nSPS) is 22.1. The Balaban J connectivity index is 1.54. The van der Waals surface area contributed by atoms with Gasteiger partial charge in [0.15, 0.2) is 17.3 Å². The van der Waals surface area contributed by atoms with Gasteiger partial charge in [-0.15, -0.1) is 0 Å². The molecule has 2 heterocycles. The SMILES string of the molecule is O=C(c1ccc(F)cc1)[C@H]1[C@H](c2ccc(F)cc2)C2(C(=O)c3ccccc3C2=O)C2C=Cc3ccccc3N21. The molecule has 4 aromatic rings. The number of halogens is 2. The van der Waals surface area contributed by atoms with Gasteiger partial charge < -0.3 is 4.90 Å². The van der Waals surface area contributed by atoms with Crippen molar-refractivity contribution in [3.8, 4) is 0 Å².